The van der Waals surface area contributed by atoms with E-state index < -0.39 is 6.09 Å². The maximum Gasteiger partial charge on any atom is 0.411 e. The van der Waals surface area contributed by atoms with Crippen molar-refractivity contribution in [3.05, 3.63) is 77.9 Å². The number of nitrogens with two attached hydrogens (primary N) is 1. The summed E-state index contributed by atoms with van der Waals surface area (Å²) in [5.74, 6) is 0.514. The van der Waals surface area contributed by atoms with Crippen molar-refractivity contribution in [1.82, 2.24) is 0 Å². The molecule has 5 nitrogen and oxygen atoms in total. The average molecular weight is 360 g/mol. The van der Waals surface area contributed by atoms with Gasteiger partial charge in [-0.2, -0.15) is 0 Å². The van der Waals surface area contributed by atoms with Gasteiger partial charge in [-0.05, 0) is 34.4 Å². The minimum Gasteiger partial charge on any atom is -0.494 e. The Hall–Kier alpha value is -3.47. The number of methoxy groups -OCH3 is 1. The van der Waals surface area contributed by atoms with Crippen molar-refractivity contribution >= 4 is 17.5 Å². The smallest absolute Gasteiger partial charge is 0.411 e. The molecule has 4 rings (SSSR count). The molecule has 5 heteroatoms. The summed E-state index contributed by atoms with van der Waals surface area (Å²) in [7, 11) is 1.53. The van der Waals surface area contributed by atoms with E-state index in [-0.39, 0.29) is 12.5 Å². The van der Waals surface area contributed by atoms with Crippen LogP contribution in [0.3, 0.4) is 0 Å². The third-order valence-corrected chi connectivity index (χ3v) is 4.81. The first-order valence-corrected chi connectivity index (χ1v) is 8.73. The lowest BCUT2D eigenvalue weighted by atomic mass is 9.98. The summed E-state index contributed by atoms with van der Waals surface area (Å²) in [4.78, 5) is 12.3. The fraction of sp³-hybridized carbons (Fsp3) is 0.136. The second-order valence-corrected chi connectivity index (χ2v) is 6.41. The van der Waals surface area contributed by atoms with Gasteiger partial charge in [-0.25, -0.2) is 4.79 Å². The summed E-state index contributed by atoms with van der Waals surface area (Å²) in [5, 5.41) is 2.72. The summed E-state index contributed by atoms with van der Waals surface area (Å²) in [6, 6.07) is 21.5. The van der Waals surface area contributed by atoms with Crippen LogP contribution in [0, 0.1) is 0 Å². The SMILES string of the molecule is COc1cc(N)ccc1NC(=O)OCC1c2ccccc2-c2ccccc21. The monoisotopic (exact) mass is 360 g/mol. The second kappa shape index (κ2) is 7.03. The fourth-order valence-electron chi connectivity index (χ4n) is 3.56. The number of fused-ring (bicyclic) bond motifs is 3. The molecule has 1 amide bonds. The van der Waals surface area contributed by atoms with Crippen LogP contribution < -0.4 is 15.8 Å². The molecule has 0 heterocycles. The van der Waals surface area contributed by atoms with Crippen molar-refractivity contribution < 1.29 is 14.3 Å². The van der Waals surface area contributed by atoms with E-state index in [1.165, 1.54) is 29.4 Å². The van der Waals surface area contributed by atoms with Crippen LogP contribution in [0.1, 0.15) is 17.0 Å². The molecule has 0 fully saturated rings. The van der Waals surface area contributed by atoms with Gasteiger partial charge in [-0.1, -0.05) is 48.5 Å². The molecule has 1 aliphatic carbocycles. The van der Waals surface area contributed by atoms with Crippen molar-refractivity contribution in [2.45, 2.75) is 5.92 Å². The van der Waals surface area contributed by atoms with Crippen LogP contribution in [0.25, 0.3) is 11.1 Å². The predicted octanol–water partition coefficient (Wildman–Crippen LogP) is 4.64. The number of carbonyl (C=O) groups excluding carboxylic acids is 1. The molecule has 0 bridgehead atoms. The Bertz CT molecular complexity index is 955. The zero-order valence-corrected chi connectivity index (χ0v) is 14.9. The maximum absolute atomic E-state index is 12.3. The van der Waals surface area contributed by atoms with Gasteiger partial charge in [0.15, 0.2) is 0 Å². The first-order chi connectivity index (χ1) is 13.2. The molecule has 136 valence electrons. The summed E-state index contributed by atoms with van der Waals surface area (Å²) >= 11 is 0. The van der Waals surface area contributed by atoms with Gasteiger partial charge in [-0.15, -0.1) is 0 Å². The standard InChI is InChI=1S/C22H20N2O3/c1-26-21-12-14(23)10-11-20(21)24-22(25)27-13-19-17-8-4-2-6-15(17)16-7-3-5-9-18(16)19/h2-12,19H,13,23H2,1H3,(H,24,25). The van der Waals surface area contributed by atoms with Crippen molar-refractivity contribution in [1.29, 1.82) is 0 Å². The highest BCUT2D eigenvalue weighted by Crippen LogP contribution is 2.44. The number of benzene rings is 3. The number of hydrogen-bond acceptors (Lipinski definition) is 4. The predicted molar refractivity (Wildman–Crippen MR) is 106 cm³/mol. The molecule has 0 unspecified atom stereocenters. The molecule has 0 spiro atoms. The highest BCUT2D eigenvalue weighted by Gasteiger charge is 2.29. The van der Waals surface area contributed by atoms with Crippen LogP contribution >= 0.6 is 0 Å². The number of rotatable bonds is 4. The summed E-state index contributed by atoms with van der Waals surface area (Å²) in [5.41, 5.74) is 11.6. The van der Waals surface area contributed by atoms with Crippen molar-refractivity contribution in [2.24, 2.45) is 0 Å². The number of nitrogens with one attached hydrogen (secondary N) is 1. The lowest BCUT2D eigenvalue weighted by molar-refractivity contribution is 0.158. The van der Waals surface area contributed by atoms with E-state index in [9.17, 15) is 4.79 Å². The minimum absolute atomic E-state index is 0.0245. The van der Waals surface area contributed by atoms with E-state index in [4.69, 9.17) is 15.2 Å². The lowest BCUT2D eigenvalue weighted by Gasteiger charge is -2.15. The van der Waals surface area contributed by atoms with E-state index >= 15 is 0 Å². The van der Waals surface area contributed by atoms with Gasteiger partial charge >= 0.3 is 6.09 Å². The van der Waals surface area contributed by atoms with Crippen LogP contribution in [0.5, 0.6) is 5.75 Å². The number of amides is 1. The molecule has 0 saturated heterocycles. The highest BCUT2D eigenvalue weighted by atomic mass is 16.5. The lowest BCUT2D eigenvalue weighted by Crippen LogP contribution is -2.18. The highest BCUT2D eigenvalue weighted by molar-refractivity contribution is 5.87. The molecule has 0 aliphatic heterocycles. The van der Waals surface area contributed by atoms with E-state index in [0.717, 1.165) is 0 Å². The molecule has 3 aromatic rings. The Morgan fingerprint density at radius 3 is 2.26 bits per heavy atom. The first kappa shape index (κ1) is 17.0. The van der Waals surface area contributed by atoms with Crippen LogP contribution in [0.15, 0.2) is 66.7 Å². The van der Waals surface area contributed by atoms with Crippen LogP contribution in [0.4, 0.5) is 16.2 Å². The van der Waals surface area contributed by atoms with Crippen molar-refractivity contribution in [2.75, 3.05) is 24.8 Å². The van der Waals surface area contributed by atoms with Gasteiger partial charge in [0.05, 0.1) is 12.8 Å². The summed E-state index contributed by atoms with van der Waals surface area (Å²) in [6.45, 7) is 0.261. The Labute approximate surface area is 157 Å². The molecule has 0 aromatic heterocycles. The van der Waals surface area contributed by atoms with Crippen molar-refractivity contribution in [3.63, 3.8) is 0 Å². The fourth-order valence-corrected chi connectivity index (χ4v) is 3.56. The second-order valence-electron chi connectivity index (χ2n) is 6.41. The van der Waals surface area contributed by atoms with E-state index in [1.807, 2.05) is 24.3 Å². The number of carbonyl (C=O) groups is 1. The molecule has 0 saturated carbocycles. The third-order valence-electron chi connectivity index (χ3n) is 4.81. The quantitative estimate of drug-likeness (QED) is 0.665. The van der Waals surface area contributed by atoms with Crippen LogP contribution in [-0.2, 0) is 4.74 Å². The first-order valence-electron chi connectivity index (χ1n) is 8.73. The van der Waals surface area contributed by atoms with Gasteiger partial charge in [-0.3, -0.25) is 5.32 Å². The van der Waals surface area contributed by atoms with Gasteiger partial charge in [0.1, 0.15) is 12.4 Å². The molecular weight excluding hydrogens is 340 g/mol. The minimum atomic E-state index is -0.528. The topological polar surface area (TPSA) is 73.6 Å². The normalized spacial score (nSPS) is 12.2. The Balaban J connectivity index is 1.50. The molecule has 0 atom stereocenters. The summed E-state index contributed by atoms with van der Waals surface area (Å²) < 4.78 is 10.8. The number of anilines is 2. The summed E-state index contributed by atoms with van der Waals surface area (Å²) in [6.07, 6.45) is -0.528. The number of hydrogen-bond donors (Lipinski definition) is 2. The van der Waals surface area contributed by atoms with Gasteiger partial charge < -0.3 is 15.2 Å². The van der Waals surface area contributed by atoms with Gasteiger partial charge in [0, 0.05) is 17.7 Å². The zero-order valence-electron chi connectivity index (χ0n) is 14.9. The van der Waals surface area contributed by atoms with Gasteiger partial charge in [0.25, 0.3) is 0 Å². The average Bonchev–Trinajstić information content (AvgIpc) is 3.01. The Morgan fingerprint density at radius 1 is 1.00 bits per heavy atom. The zero-order chi connectivity index (χ0) is 18.8. The Morgan fingerprint density at radius 2 is 1.63 bits per heavy atom. The molecule has 0 radical (unpaired) electrons. The van der Waals surface area contributed by atoms with Gasteiger partial charge in [0.2, 0.25) is 0 Å². The molecular formula is C22H20N2O3. The van der Waals surface area contributed by atoms with E-state index in [2.05, 4.69) is 29.6 Å². The largest absolute Gasteiger partial charge is 0.494 e. The molecule has 3 N–H and O–H groups in total. The Kier molecular flexibility index (Phi) is 4.42. The van der Waals surface area contributed by atoms with E-state index in [0.29, 0.717) is 17.1 Å². The molecule has 3 aromatic carbocycles. The maximum atomic E-state index is 12.3. The van der Waals surface area contributed by atoms with Crippen LogP contribution in [-0.4, -0.2) is 19.8 Å². The van der Waals surface area contributed by atoms with Crippen LogP contribution in [0.2, 0.25) is 0 Å². The van der Waals surface area contributed by atoms with Crippen molar-refractivity contribution in [3.8, 4) is 16.9 Å². The number of nitrogen functional groups attached to an aromatic ring is 1. The number of ether oxygens (including phenoxy) is 2. The third kappa shape index (κ3) is 3.19. The van der Waals surface area contributed by atoms with E-state index in [1.54, 1.807) is 18.2 Å². The molecule has 1 aliphatic rings. The molecule has 27 heavy (non-hydrogen) atoms.